The predicted octanol–water partition coefficient (Wildman–Crippen LogP) is 8.21. The smallest absolute Gasteiger partial charge is 0.300 e. The molecule has 1 aliphatic rings. The zero-order valence-corrected chi connectivity index (χ0v) is 23.4. The first kappa shape index (κ1) is 27.0. The lowest BCUT2D eigenvalue weighted by Gasteiger charge is -2.27. The summed E-state index contributed by atoms with van der Waals surface area (Å²) in [5.74, 6) is -1.75. The number of hydrogen-bond acceptors (Lipinski definition) is 3. The Morgan fingerprint density at radius 2 is 1.27 bits per heavy atom. The fourth-order valence-corrected chi connectivity index (χ4v) is 4.80. The third-order valence-corrected chi connectivity index (χ3v) is 7.48. The minimum absolute atomic E-state index is 0.00629. The number of nitrogens with zero attached hydrogens (tertiary/aromatic N) is 1. The Kier molecular flexibility index (Phi) is 7.04. The monoisotopic (exact) mass is 535 g/mol. The molecule has 192 valence electrons. The van der Waals surface area contributed by atoms with Gasteiger partial charge in [-0.15, -0.1) is 0 Å². The molecule has 0 radical (unpaired) electrons. The first-order valence-electron chi connectivity index (χ1n) is 12.2. The SMILES string of the molecule is CC(C)(C)c1ccc(C2/C(=C(/O)c3ccc(Cl)c(Cl)c3)C(=O)C(=O)N2c2ccc(C(C)(C)C)cc2)cc1. The Morgan fingerprint density at radius 1 is 0.757 bits per heavy atom. The van der Waals surface area contributed by atoms with E-state index in [1.54, 1.807) is 12.1 Å². The number of aliphatic hydroxyl groups is 1. The van der Waals surface area contributed by atoms with Gasteiger partial charge in [-0.3, -0.25) is 14.5 Å². The highest BCUT2D eigenvalue weighted by Crippen LogP contribution is 2.43. The van der Waals surface area contributed by atoms with E-state index in [1.807, 2.05) is 48.5 Å². The molecule has 0 saturated carbocycles. The fraction of sp³-hybridized carbons (Fsp3) is 0.290. The molecule has 3 aromatic rings. The lowest BCUT2D eigenvalue weighted by molar-refractivity contribution is -0.132. The van der Waals surface area contributed by atoms with Crippen molar-refractivity contribution in [1.29, 1.82) is 0 Å². The van der Waals surface area contributed by atoms with Crippen molar-refractivity contribution in [1.82, 2.24) is 0 Å². The Hall–Kier alpha value is -3.08. The second kappa shape index (κ2) is 9.66. The van der Waals surface area contributed by atoms with Crippen LogP contribution in [0, 0.1) is 0 Å². The van der Waals surface area contributed by atoms with Crippen LogP contribution in [-0.4, -0.2) is 16.8 Å². The summed E-state index contributed by atoms with van der Waals surface area (Å²) >= 11 is 12.3. The number of benzene rings is 3. The molecule has 1 fully saturated rings. The predicted molar refractivity (Wildman–Crippen MR) is 152 cm³/mol. The summed E-state index contributed by atoms with van der Waals surface area (Å²) in [4.78, 5) is 28.3. The summed E-state index contributed by atoms with van der Waals surface area (Å²) in [5.41, 5.74) is 3.70. The Morgan fingerprint density at radius 3 is 1.76 bits per heavy atom. The first-order chi connectivity index (χ1) is 17.2. The number of carbonyl (C=O) groups excluding carboxylic acids is 2. The highest BCUT2D eigenvalue weighted by atomic mass is 35.5. The van der Waals surface area contributed by atoms with Crippen molar-refractivity contribution < 1.29 is 14.7 Å². The topological polar surface area (TPSA) is 57.6 Å². The summed E-state index contributed by atoms with van der Waals surface area (Å²) in [7, 11) is 0. The van der Waals surface area contributed by atoms with E-state index in [2.05, 4.69) is 41.5 Å². The lowest BCUT2D eigenvalue weighted by Crippen LogP contribution is -2.29. The van der Waals surface area contributed by atoms with E-state index in [9.17, 15) is 14.7 Å². The van der Waals surface area contributed by atoms with E-state index >= 15 is 0 Å². The van der Waals surface area contributed by atoms with Crippen LogP contribution in [0.3, 0.4) is 0 Å². The van der Waals surface area contributed by atoms with Gasteiger partial charge in [0, 0.05) is 11.3 Å². The number of rotatable bonds is 3. The number of halogens is 2. The molecule has 0 aromatic heterocycles. The van der Waals surface area contributed by atoms with E-state index in [-0.39, 0.29) is 27.2 Å². The minimum Gasteiger partial charge on any atom is -0.507 e. The third kappa shape index (κ3) is 5.18. The number of anilines is 1. The van der Waals surface area contributed by atoms with E-state index < -0.39 is 17.7 Å². The van der Waals surface area contributed by atoms with Crippen molar-refractivity contribution in [3.8, 4) is 0 Å². The van der Waals surface area contributed by atoms with Crippen LogP contribution in [0.4, 0.5) is 5.69 Å². The number of amides is 1. The maximum absolute atomic E-state index is 13.4. The molecule has 37 heavy (non-hydrogen) atoms. The molecule has 1 heterocycles. The zero-order chi connectivity index (χ0) is 27.3. The second-order valence-corrected chi connectivity index (χ2v) is 12.3. The number of ketones is 1. The van der Waals surface area contributed by atoms with Gasteiger partial charge in [0.05, 0.1) is 21.7 Å². The minimum atomic E-state index is -0.816. The maximum atomic E-state index is 13.4. The maximum Gasteiger partial charge on any atom is 0.300 e. The van der Waals surface area contributed by atoms with E-state index in [0.29, 0.717) is 21.8 Å². The molecular weight excluding hydrogens is 505 g/mol. The van der Waals surface area contributed by atoms with Gasteiger partial charge in [-0.1, -0.05) is 101 Å². The molecule has 1 saturated heterocycles. The highest BCUT2D eigenvalue weighted by molar-refractivity contribution is 6.51. The molecule has 1 unspecified atom stereocenters. The third-order valence-electron chi connectivity index (χ3n) is 6.74. The fourth-order valence-electron chi connectivity index (χ4n) is 4.50. The number of Topliss-reactive ketones (excluding diaryl/α,β-unsaturated/α-hetero) is 1. The van der Waals surface area contributed by atoms with E-state index in [0.717, 1.165) is 11.1 Å². The first-order valence-corrected chi connectivity index (χ1v) is 12.9. The molecule has 3 aromatic carbocycles. The van der Waals surface area contributed by atoms with Crippen molar-refractivity contribution in [2.24, 2.45) is 0 Å². The molecule has 0 bridgehead atoms. The molecule has 4 rings (SSSR count). The molecule has 1 N–H and O–H groups in total. The summed E-state index contributed by atoms with van der Waals surface area (Å²) in [6, 6.07) is 19.3. The molecule has 0 spiro atoms. The van der Waals surface area contributed by atoms with Gasteiger partial charge in [-0.2, -0.15) is 0 Å². The molecule has 1 amide bonds. The van der Waals surface area contributed by atoms with Crippen molar-refractivity contribution in [2.45, 2.75) is 58.4 Å². The normalized spacial score (nSPS) is 17.9. The zero-order valence-electron chi connectivity index (χ0n) is 21.9. The molecule has 4 nitrogen and oxygen atoms in total. The van der Waals surface area contributed by atoms with Crippen molar-refractivity contribution in [2.75, 3.05) is 4.90 Å². The molecule has 1 atom stereocenters. The van der Waals surface area contributed by atoms with Crippen LogP contribution < -0.4 is 4.90 Å². The van der Waals surface area contributed by atoms with Crippen molar-refractivity contribution in [3.63, 3.8) is 0 Å². The van der Waals surface area contributed by atoms with E-state index in [1.165, 1.54) is 11.0 Å². The number of hydrogen-bond donors (Lipinski definition) is 1. The van der Waals surface area contributed by atoms with Gasteiger partial charge in [0.15, 0.2) is 0 Å². The number of carbonyl (C=O) groups is 2. The Labute approximate surface area is 228 Å². The van der Waals surface area contributed by atoms with Crippen LogP contribution in [0.1, 0.15) is 69.8 Å². The average Bonchev–Trinajstić information content (AvgIpc) is 3.10. The average molecular weight is 536 g/mol. The van der Waals surface area contributed by atoms with E-state index in [4.69, 9.17) is 23.2 Å². The standard InChI is InChI=1S/C31H31Cl2NO3/c1-30(2,3)20-10-7-18(8-11-20)26-25(27(35)19-9-16-23(32)24(33)17-19)28(36)29(37)34(26)22-14-12-21(13-15-22)31(4,5)6/h7-17,26,35H,1-6H3/b27-25-. The van der Waals surface area contributed by atoms with Crippen molar-refractivity contribution in [3.05, 3.63) is 105 Å². The summed E-state index contributed by atoms with van der Waals surface area (Å²) in [6.45, 7) is 12.7. The van der Waals surface area contributed by atoms with Crippen LogP contribution in [0.15, 0.2) is 72.3 Å². The van der Waals surface area contributed by atoms with Gasteiger partial charge in [-0.25, -0.2) is 0 Å². The van der Waals surface area contributed by atoms with Crippen LogP contribution in [0.5, 0.6) is 0 Å². The molecule has 1 aliphatic heterocycles. The molecule has 6 heteroatoms. The summed E-state index contributed by atoms with van der Waals surface area (Å²) in [6.07, 6.45) is 0. The molecule has 0 aliphatic carbocycles. The Balaban J connectivity index is 1.91. The summed E-state index contributed by atoms with van der Waals surface area (Å²) < 4.78 is 0. The van der Waals surface area contributed by atoms with Gasteiger partial charge in [0.25, 0.3) is 11.7 Å². The van der Waals surface area contributed by atoms with Crippen LogP contribution in [0.2, 0.25) is 10.0 Å². The molecular formula is C31H31Cl2NO3. The van der Waals surface area contributed by atoms with Crippen LogP contribution in [0.25, 0.3) is 5.76 Å². The van der Waals surface area contributed by atoms with Gasteiger partial charge in [-0.05, 0) is 57.9 Å². The largest absolute Gasteiger partial charge is 0.507 e. The van der Waals surface area contributed by atoms with Crippen molar-refractivity contribution >= 4 is 46.3 Å². The van der Waals surface area contributed by atoms with Gasteiger partial charge in [0.2, 0.25) is 0 Å². The Bertz CT molecular complexity index is 1390. The van der Waals surface area contributed by atoms with Crippen LogP contribution >= 0.6 is 23.2 Å². The van der Waals surface area contributed by atoms with Crippen LogP contribution in [-0.2, 0) is 20.4 Å². The summed E-state index contributed by atoms with van der Waals surface area (Å²) in [5, 5.41) is 11.9. The van der Waals surface area contributed by atoms with Gasteiger partial charge in [0.1, 0.15) is 5.76 Å². The lowest BCUT2D eigenvalue weighted by atomic mass is 9.85. The second-order valence-electron chi connectivity index (χ2n) is 11.5. The van der Waals surface area contributed by atoms with Gasteiger partial charge >= 0.3 is 0 Å². The highest BCUT2D eigenvalue weighted by Gasteiger charge is 2.47. The quantitative estimate of drug-likeness (QED) is 0.209. The number of aliphatic hydroxyl groups excluding tert-OH is 1. The van der Waals surface area contributed by atoms with Gasteiger partial charge < -0.3 is 5.11 Å².